The molecule has 1 aromatic heterocycles. The van der Waals surface area contributed by atoms with E-state index in [1.807, 2.05) is 25.4 Å². The summed E-state index contributed by atoms with van der Waals surface area (Å²) >= 11 is 0. The number of nitrogens with zero attached hydrogens (tertiary/aromatic N) is 2. The molecule has 5 heteroatoms. The first kappa shape index (κ1) is 10.2. The third kappa shape index (κ3) is 2.20. The van der Waals surface area contributed by atoms with Crippen molar-refractivity contribution in [2.75, 3.05) is 5.32 Å². The van der Waals surface area contributed by atoms with E-state index in [0.29, 0.717) is 5.69 Å². The van der Waals surface area contributed by atoms with Crippen LogP contribution in [0.15, 0.2) is 36.7 Å². The summed E-state index contributed by atoms with van der Waals surface area (Å²) in [6.07, 6.45) is 3.72. The summed E-state index contributed by atoms with van der Waals surface area (Å²) in [4.78, 5) is 10.6. The summed E-state index contributed by atoms with van der Waals surface area (Å²) in [6.45, 7) is 0. The molecule has 0 fully saturated rings. The van der Waals surface area contributed by atoms with Gasteiger partial charge in [-0.3, -0.25) is 4.68 Å². The molecule has 2 amide bonds. The standard InChI is InChI=1S/C11H12N4O/c1-15-7-9(6-13-15)8-2-4-10(5-3-8)14-11(12)16/h2-7H,1H3,(H3,12,14,16). The highest BCUT2D eigenvalue weighted by molar-refractivity contribution is 5.88. The Morgan fingerprint density at radius 3 is 2.50 bits per heavy atom. The number of anilines is 1. The molecule has 16 heavy (non-hydrogen) atoms. The van der Waals surface area contributed by atoms with E-state index in [0.717, 1.165) is 11.1 Å². The van der Waals surface area contributed by atoms with Crippen LogP contribution < -0.4 is 11.1 Å². The molecule has 0 unspecified atom stereocenters. The Kier molecular flexibility index (Phi) is 2.59. The van der Waals surface area contributed by atoms with Crippen LogP contribution in [0, 0.1) is 0 Å². The molecule has 0 aliphatic rings. The second-order valence-electron chi connectivity index (χ2n) is 3.47. The van der Waals surface area contributed by atoms with E-state index in [9.17, 15) is 4.79 Å². The quantitative estimate of drug-likeness (QED) is 0.799. The molecule has 0 bridgehead atoms. The molecule has 2 rings (SSSR count). The van der Waals surface area contributed by atoms with Crippen LogP contribution >= 0.6 is 0 Å². The zero-order valence-electron chi connectivity index (χ0n) is 8.84. The summed E-state index contributed by atoms with van der Waals surface area (Å²) in [7, 11) is 1.87. The molecule has 0 spiro atoms. The van der Waals surface area contributed by atoms with Crippen LogP contribution in [-0.4, -0.2) is 15.8 Å². The molecule has 0 radical (unpaired) electrons. The van der Waals surface area contributed by atoms with E-state index >= 15 is 0 Å². The molecule has 3 N–H and O–H groups in total. The highest BCUT2D eigenvalue weighted by Crippen LogP contribution is 2.20. The lowest BCUT2D eigenvalue weighted by Crippen LogP contribution is -2.19. The SMILES string of the molecule is Cn1cc(-c2ccc(NC(N)=O)cc2)cn1. The zero-order valence-corrected chi connectivity index (χ0v) is 8.84. The van der Waals surface area contributed by atoms with Crippen LogP contribution in [0.5, 0.6) is 0 Å². The van der Waals surface area contributed by atoms with Gasteiger partial charge in [0.05, 0.1) is 6.20 Å². The number of carbonyl (C=O) groups is 1. The van der Waals surface area contributed by atoms with E-state index in [1.54, 1.807) is 23.0 Å². The van der Waals surface area contributed by atoms with Crippen LogP contribution in [0.25, 0.3) is 11.1 Å². The first-order chi connectivity index (χ1) is 7.65. The fourth-order valence-electron chi connectivity index (χ4n) is 1.46. The molecular weight excluding hydrogens is 204 g/mol. The number of nitrogens with one attached hydrogen (secondary N) is 1. The Balaban J connectivity index is 2.22. The van der Waals surface area contributed by atoms with Gasteiger partial charge in [0.25, 0.3) is 0 Å². The van der Waals surface area contributed by atoms with E-state index in [2.05, 4.69) is 10.4 Å². The molecular formula is C11H12N4O. The van der Waals surface area contributed by atoms with Gasteiger partial charge in [-0.2, -0.15) is 5.10 Å². The number of benzene rings is 1. The van der Waals surface area contributed by atoms with Crippen LogP contribution in [0.4, 0.5) is 10.5 Å². The van der Waals surface area contributed by atoms with Crippen molar-refractivity contribution in [2.45, 2.75) is 0 Å². The lowest BCUT2D eigenvalue weighted by atomic mass is 10.1. The molecule has 0 saturated carbocycles. The van der Waals surface area contributed by atoms with Crippen LogP contribution in [-0.2, 0) is 7.05 Å². The van der Waals surface area contributed by atoms with Crippen molar-refractivity contribution in [3.05, 3.63) is 36.7 Å². The zero-order chi connectivity index (χ0) is 11.5. The van der Waals surface area contributed by atoms with Gasteiger partial charge in [0, 0.05) is 24.5 Å². The number of carbonyl (C=O) groups excluding carboxylic acids is 1. The van der Waals surface area contributed by atoms with Crippen LogP contribution in [0.1, 0.15) is 0 Å². The van der Waals surface area contributed by atoms with Gasteiger partial charge in [-0.15, -0.1) is 0 Å². The highest BCUT2D eigenvalue weighted by Gasteiger charge is 2.01. The summed E-state index contributed by atoms with van der Waals surface area (Å²) < 4.78 is 1.74. The third-order valence-electron chi connectivity index (χ3n) is 2.19. The Labute approximate surface area is 92.9 Å². The molecule has 2 aromatic rings. The molecule has 0 atom stereocenters. The van der Waals surface area contributed by atoms with Crippen molar-refractivity contribution in [1.82, 2.24) is 9.78 Å². The predicted molar refractivity (Wildman–Crippen MR) is 61.9 cm³/mol. The monoisotopic (exact) mass is 216 g/mol. The molecule has 1 aromatic carbocycles. The van der Waals surface area contributed by atoms with Gasteiger partial charge in [0.2, 0.25) is 0 Å². The summed E-state index contributed by atoms with van der Waals surface area (Å²) in [5.74, 6) is 0. The Bertz CT molecular complexity index is 501. The van der Waals surface area contributed by atoms with Gasteiger partial charge < -0.3 is 11.1 Å². The number of urea groups is 1. The van der Waals surface area contributed by atoms with E-state index in [4.69, 9.17) is 5.73 Å². The van der Waals surface area contributed by atoms with Crippen molar-refractivity contribution in [2.24, 2.45) is 12.8 Å². The average Bonchev–Trinajstić information content (AvgIpc) is 2.65. The van der Waals surface area contributed by atoms with Crippen LogP contribution in [0.2, 0.25) is 0 Å². The second kappa shape index (κ2) is 4.06. The minimum Gasteiger partial charge on any atom is -0.351 e. The molecule has 0 aliphatic heterocycles. The summed E-state index contributed by atoms with van der Waals surface area (Å²) in [5, 5.41) is 6.60. The minimum absolute atomic E-state index is 0.561. The maximum absolute atomic E-state index is 10.6. The lowest BCUT2D eigenvalue weighted by molar-refractivity contribution is 0.259. The Morgan fingerprint density at radius 1 is 1.31 bits per heavy atom. The van der Waals surface area contributed by atoms with Crippen molar-refractivity contribution in [3.8, 4) is 11.1 Å². The highest BCUT2D eigenvalue weighted by atomic mass is 16.2. The van der Waals surface area contributed by atoms with Gasteiger partial charge >= 0.3 is 6.03 Å². The van der Waals surface area contributed by atoms with E-state index in [-0.39, 0.29) is 0 Å². The topological polar surface area (TPSA) is 72.9 Å². The molecule has 82 valence electrons. The number of aromatic nitrogens is 2. The van der Waals surface area contributed by atoms with Crippen molar-refractivity contribution in [1.29, 1.82) is 0 Å². The van der Waals surface area contributed by atoms with Gasteiger partial charge in [0.1, 0.15) is 0 Å². The normalized spacial score (nSPS) is 10.1. The largest absolute Gasteiger partial charge is 0.351 e. The Hall–Kier alpha value is -2.30. The minimum atomic E-state index is -0.561. The number of aryl methyl sites for hydroxylation is 1. The average molecular weight is 216 g/mol. The Morgan fingerprint density at radius 2 is 2.00 bits per heavy atom. The lowest BCUT2D eigenvalue weighted by Gasteiger charge is -2.02. The van der Waals surface area contributed by atoms with Gasteiger partial charge in [-0.05, 0) is 17.7 Å². The summed E-state index contributed by atoms with van der Waals surface area (Å²) in [5.41, 5.74) is 7.77. The number of primary amides is 1. The number of hydrogen-bond acceptors (Lipinski definition) is 2. The maximum atomic E-state index is 10.6. The third-order valence-corrected chi connectivity index (χ3v) is 2.19. The van der Waals surface area contributed by atoms with Crippen LogP contribution in [0.3, 0.4) is 0 Å². The number of nitrogens with two attached hydrogens (primary N) is 1. The summed E-state index contributed by atoms with van der Waals surface area (Å²) in [6, 6.07) is 6.85. The fraction of sp³-hybridized carbons (Fsp3) is 0.0909. The van der Waals surface area contributed by atoms with Crippen molar-refractivity contribution < 1.29 is 4.79 Å². The molecule has 0 saturated heterocycles. The molecule has 0 aliphatic carbocycles. The first-order valence-corrected chi connectivity index (χ1v) is 4.81. The maximum Gasteiger partial charge on any atom is 0.316 e. The van der Waals surface area contributed by atoms with Gasteiger partial charge in [0.15, 0.2) is 0 Å². The number of amides is 2. The van der Waals surface area contributed by atoms with Crippen molar-refractivity contribution in [3.63, 3.8) is 0 Å². The second-order valence-corrected chi connectivity index (χ2v) is 3.47. The van der Waals surface area contributed by atoms with Gasteiger partial charge in [-0.1, -0.05) is 12.1 Å². The van der Waals surface area contributed by atoms with E-state index in [1.165, 1.54) is 0 Å². The smallest absolute Gasteiger partial charge is 0.316 e. The molecule has 1 heterocycles. The molecule has 5 nitrogen and oxygen atoms in total. The first-order valence-electron chi connectivity index (χ1n) is 4.81. The van der Waals surface area contributed by atoms with E-state index < -0.39 is 6.03 Å². The van der Waals surface area contributed by atoms with Crippen molar-refractivity contribution >= 4 is 11.7 Å². The fourth-order valence-corrected chi connectivity index (χ4v) is 1.46. The number of rotatable bonds is 2. The number of hydrogen-bond donors (Lipinski definition) is 2. The predicted octanol–water partition coefficient (Wildman–Crippen LogP) is 1.58. The van der Waals surface area contributed by atoms with Gasteiger partial charge in [-0.25, -0.2) is 4.79 Å².